The molecule has 2 amide bonds. The van der Waals surface area contributed by atoms with Gasteiger partial charge in [-0.3, -0.25) is 4.90 Å². The van der Waals surface area contributed by atoms with Crippen molar-refractivity contribution in [3.63, 3.8) is 0 Å². The second-order valence-electron chi connectivity index (χ2n) is 9.22. The van der Waals surface area contributed by atoms with Crippen molar-refractivity contribution in [1.29, 1.82) is 0 Å². The van der Waals surface area contributed by atoms with E-state index in [1.807, 2.05) is 25.1 Å². The standard InChI is InChI=1S/C27H34ClIN2O4/c1-7-19(24(32)33)9-8-18(2)22-17-31(14-15-35-6)25(34)30-27(22,5)21-11-10-20(23(28)16-21)12-13-26(3,4)29/h7-11,16-17H,2,12-15H2,1,3-6H3,(H,30,34)(H,32,33)/b9-8-,19-7+/t27-/m0/s1. The molecule has 0 fully saturated rings. The average molecular weight is 613 g/mol. The molecule has 0 aliphatic carbocycles. The summed E-state index contributed by atoms with van der Waals surface area (Å²) in [5, 5.41) is 13.1. The number of aryl methyl sites for hydroxylation is 1. The minimum atomic E-state index is -1.02. The summed E-state index contributed by atoms with van der Waals surface area (Å²) in [5.74, 6) is -1.02. The molecular weight excluding hydrogens is 579 g/mol. The predicted molar refractivity (Wildman–Crippen MR) is 150 cm³/mol. The number of ether oxygens (including phenoxy) is 1. The SMILES string of the molecule is C=C(/C=C\C(=C/C)C(=O)O)C1=CN(CCOC)C(=O)N[C@@]1(C)c1ccc(CCC(C)(C)I)c(Cl)c1. The Morgan fingerprint density at radius 3 is 2.60 bits per heavy atom. The van der Waals surface area contributed by atoms with Crippen LogP contribution in [0.15, 0.2) is 65.9 Å². The number of carboxylic acids is 1. The highest BCUT2D eigenvalue weighted by molar-refractivity contribution is 14.1. The van der Waals surface area contributed by atoms with Crippen molar-refractivity contribution in [2.45, 2.75) is 49.5 Å². The van der Waals surface area contributed by atoms with E-state index in [-0.39, 0.29) is 15.0 Å². The monoisotopic (exact) mass is 612 g/mol. The highest BCUT2D eigenvalue weighted by atomic mass is 127. The number of carbonyl (C=O) groups is 2. The lowest BCUT2D eigenvalue weighted by Gasteiger charge is -2.41. The smallest absolute Gasteiger partial charge is 0.335 e. The Bertz CT molecular complexity index is 1070. The van der Waals surface area contributed by atoms with Crippen LogP contribution >= 0.6 is 34.2 Å². The number of halogens is 2. The van der Waals surface area contributed by atoms with Crippen LogP contribution in [0, 0.1) is 0 Å². The van der Waals surface area contributed by atoms with Crippen molar-refractivity contribution in [2.75, 3.05) is 20.3 Å². The van der Waals surface area contributed by atoms with Gasteiger partial charge in [0.15, 0.2) is 0 Å². The molecule has 1 aromatic carbocycles. The van der Waals surface area contributed by atoms with Gasteiger partial charge in [0.1, 0.15) is 0 Å². The number of alkyl halides is 1. The average Bonchev–Trinajstić information content (AvgIpc) is 2.77. The summed E-state index contributed by atoms with van der Waals surface area (Å²) in [7, 11) is 1.57. The van der Waals surface area contributed by atoms with Crippen LogP contribution in [0.3, 0.4) is 0 Å². The lowest BCUT2D eigenvalue weighted by Crippen LogP contribution is -2.54. The first-order chi connectivity index (χ1) is 16.3. The Balaban J connectivity index is 2.50. The Morgan fingerprint density at radius 1 is 1.37 bits per heavy atom. The number of nitrogens with zero attached hydrogens (tertiary/aromatic N) is 1. The van der Waals surface area contributed by atoms with Crippen molar-refractivity contribution in [3.8, 4) is 0 Å². The van der Waals surface area contributed by atoms with E-state index >= 15 is 0 Å². The summed E-state index contributed by atoms with van der Waals surface area (Å²) >= 11 is 9.12. The maximum Gasteiger partial charge on any atom is 0.335 e. The number of carbonyl (C=O) groups excluding carboxylic acids is 1. The van der Waals surface area contributed by atoms with Gasteiger partial charge in [-0.2, -0.15) is 0 Å². The number of rotatable bonds is 11. The number of aliphatic carboxylic acids is 1. The second kappa shape index (κ2) is 12.2. The molecule has 2 rings (SSSR count). The van der Waals surface area contributed by atoms with Gasteiger partial charge < -0.3 is 15.2 Å². The van der Waals surface area contributed by atoms with Crippen LogP contribution in [0.4, 0.5) is 4.79 Å². The zero-order valence-corrected chi connectivity index (χ0v) is 23.9. The number of allylic oxidation sites excluding steroid dienone is 2. The van der Waals surface area contributed by atoms with Crippen LogP contribution < -0.4 is 5.32 Å². The quantitative estimate of drug-likeness (QED) is 0.131. The molecule has 6 nitrogen and oxygen atoms in total. The van der Waals surface area contributed by atoms with Gasteiger partial charge in [-0.1, -0.05) is 78.9 Å². The third-order valence-electron chi connectivity index (χ3n) is 5.96. The van der Waals surface area contributed by atoms with E-state index in [1.54, 1.807) is 26.3 Å². The summed E-state index contributed by atoms with van der Waals surface area (Å²) in [5.41, 5.74) is 2.38. The molecular formula is C27H34ClIN2O4. The number of urea groups is 1. The van der Waals surface area contributed by atoms with Gasteiger partial charge in [0.2, 0.25) is 0 Å². The maximum absolute atomic E-state index is 13.0. The van der Waals surface area contributed by atoms with Gasteiger partial charge in [0, 0.05) is 27.3 Å². The van der Waals surface area contributed by atoms with Crippen LogP contribution in [-0.2, 0) is 21.5 Å². The van der Waals surface area contributed by atoms with Gasteiger partial charge in [-0.25, -0.2) is 9.59 Å². The molecule has 35 heavy (non-hydrogen) atoms. The lowest BCUT2D eigenvalue weighted by molar-refractivity contribution is -0.132. The number of hydrogen-bond acceptors (Lipinski definition) is 3. The van der Waals surface area contributed by atoms with Gasteiger partial charge >= 0.3 is 12.0 Å². The number of hydrogen-bond donors (Lipinski definition) is 2. The summed E-state index contributed by atoms with van der Waals surface area (Å²) in [6, 6.07) is 5.61. The maximum atomic E-state index is 13.0. The van der Waals surface area contributed by atoms with Crippen molar-refractivity contribution in [2.24, 2.45) is 0 Å². The second-order valence-corrected chi connectivity index (χ2v) is 12.5. The van der Waals surface area contributed by atoms with E-state index < -0.39 is 11.5 Å². The van der Waals surface area contributed by atoms with Crippen molar-refractivity contribution >= 4 is 46.2 Å². The fourth-order valence-electron chi connectivity index (χ4n) is 3.75. The molecule has 8 heteroatoms. The van der Waals surface area contributed by atoms with Gasteiger partial charge in [0.25, 0.3) is 0 Å². The topological polar surface area (TPSA) is 78.9 Å². The van der Waals surface area contributed by atoms with E-state index in [0.717, 1.165) is 29.5 Å². The van der Waals surface area contributed by atoms with E-state index in [1.165, 1.54) is 17.1 Å². The zero-order valence-electron chi connectivity index (χ0n) is 21.0. The highest BCUT2D eigenvalue weighted by Crippen LogP contribution is 2.39. The van der Waals surface area contributed by atoms with Gasteiger partial charge in [0.05, 0.1) is 24.3 Å². The summed E-state index contributed by atoms with van der Waals surface area (Å²) < 4.78 is 5.31. The number of amides is 2. The van der Waals surface area contributed by atoms with Crippen LogP contribution in [0.2, 0.25) is 5.02 Å². The van der Waals surface area contributed by atoms with Gasteiger partial charge in [-0.05, 0) is 55.5 Å². The predicted octanol–water partition coefficient (Wildman–Crippen LogP) is 6.40. The van der Waals surface area contributed by atoms with Crippen LogP contribution in [0.5, 0.6) is 0 Å². The Labute approximate surface area is 226 Å². The fourth-order valence-corrected chi connectivity index (χ4v) is 4.29. The molecule has 1 aliphatic rings. The number of methoxy groups -OCH3 is 1. The molecule has 1 aromatic rings. The largest absolute Gasteiger partial charge is 0.478 e. The number of nitrogens with one attached hydrogen (secondary N) is 1. The molecule has 1 atom stereocenters. The number of carboxylic acid groups (broad SMARTS) is 1. The summed E-state index contributed by atoms with van der Waals surface area (Å²) in [6.07, 6.45) is 8.26. The molecule has 190 valence electrons. The minimum absolute atomic E-state index is 0.148. The third kappa shape index (κ3) is 7.69. The molecule has 0 bridgehead atoms. The first-order valence-electron chi connectivity index (χ1n) is 11.4. The molecule has 1 aliphatic heterocycles. The lowest BCUT2D eigenvalue weighted by atomic mass is 9.79. The van der Waals surface area contributed by atoms with Crippen molar-refractivity contribution in [3.05, 3.63) is 82.1 Å². The van der Waals surface area contributed by atoms with E-state index in [9.17, 15) is 14.7 Å². The summed E-state index contributed by atoms with van der Waals surface area (Å²) in [4.78, 5) is 25.9. The van der Waals surface area contributed by atoms with Gasteiger partial charge in [-0.15, -0.1) is 0 Å². The molecule has 0 spiro atoms. The zero-order chi connectivity index (χ0) is 26.4. The first kappa shape index (κ1) is 29.1. The molecule has 0 aromatic heterocycles. The Hall–Kier alpha value is -2.10. The van der Waals surface area contributed by atoms with E-state index in [2.05, 4.69) is 48.3 Å². The normalized spacial score (nSPS) is 19.1. The fraction of sp³-hybridized carbons (Fsp3) is 0.407. The van der Waals surface area contributed by atoms with E-state index in [0.29, 0.717) is 23.7 Å². The molecule has 1 heterocycles. The molecule has 0 saturated heterocycles. The van der Waals surface area contributed by atoms with Crippen molar-refractivity contribution in [1.82, 2.24) is 10.2 Å². The summed E-state index contributed by atoms with van der Waals surface area (Å²) in [6.45, 7) is 12.8. The van der Waals surface area contributed by atoms with Crippen LogP contribution in [-0.4, -0.2) is 45.7 Å². The molecule has 2 N–H and O–H groups in total. The van der Waals surface area contributed by atoms with Crippen LogP contribution in [0.1, 0.15) is 45.2 Å². The first-order valence-corrected chi connectivity index (χ1v) is 12.8. The minimum Gasteiger partial charge on any atom is -0.478 e. The number of benzene rings is 1. The van der Waals surface area contributed by atoms with Crippen molar-refractivity contribution < 1.29 is 19.4 Å². The Morgan fingerprint density at radius 2 is 2.06 bits per heavy atom. The molecule has 0 saturated carbocycles. The molecule has 0 radical (unpaired) electrons. The highest BCUT2D eigenvalue weighted by Gasteiger charge is 2.39. The molecule has 0 unspecified atom stereocenters. The third-order valence-corrected chi connectivity index (χ3v) is 6.86. The van der Waals surface area contributed by atoms with E-state index in [4.69, 9.17) is 16.3 Å². The Kier molecular flexibility index (Phi) is 10.2. The van der Waals surface area contributed by atoms with Crippen LogP contribution in [0.25, 0.3) is 0 Å².